The Bertz CT molecular complexity index is 304. The number of carbonyl (C=O) groups excluding carboxylic acids is 1. The summed E-state index contributed by atoms with van der Waals surface area (Å²) in [6, 6.07) is 7.70. The van der Waals surface area contributed by atoms with Crippen LogP contribution in [0.4, 0.5) is 0 Å². The van der Waals surface area contributed by atoms with Crippen molar-refractivity contribution in [2.75, 3.05) is 0 Å². The average Bonchev–Trinajstić information content (AvgIpc) is 2.04. The summed E-state index contributed by atoms with van der Waals surface area (Å²) >= 11 is 3.34. The zero-order valence-electron chi connectivity index (χ0n) is 6.59. The lowest BCUT2D eigenvalue weighted by Crippen LogP contribution is -1.97. The van der Waals surface area contributed by atoms with Crippen molar-refractivity contribution in [3.05, 3.63) is 47.0 Å². The Balaban J connectivity index is 2.76. The fourth-order valence-electron chi connectivity index (χ4n) is 0.920. The molecule has 0 bridgehead atoms. The molecule has 0 amide bonds. The molecule has 0 unspecified atom stereocenters. The van der Waals surface area contributed by atoms with Crippen molar-refractivity contribution in [1.82, 2.24) is 0 Å². The summed E-state index contributed by atoms with van der Waals surface area (Å²) in [5.74, 6) is 0.0492. The fraction of sp³-hybridized carbons (Fsp3) is 0.100. The van der Waals surface area contributed by atoms with Crippen LogP contribution in [0.2, 0.25) is 0 Å². The molecular weight excluding hydrogens is 216 g/mol. The monoisotopic (exact) mass is 224 g/mol. The van der Waals surface area contributed by atoms with Gasteiger partial charge in [0.2, 0.25) is 0 Å². The molecule has 1 nitrogen and oxygen atoms in total. The maximum absolute atomic E-state index is 11.0. The molecule has 0 aliphatic carbocycles. The van der Waals surface area contributed by atoms with Gasteiger partial charge in [-0.15, -0.1) is 0 Å². The van der Waals surface area contributed by atoms with Crippen molar-refractivity contribution in [2.45, 2.75) is 6.42 Å². The van der Waals surface area contributed by atoms with E-state index in [1.807, 2.05) is 24.3 Å². The van der Waals surface area contributed by atoms with E-state index in [0.717, 1.165) is 10.0 Å². The topological polar surface area (TPSA) is 17.1 Å². The highest BCUT2D eigenvalue weighted by molar-refractivity contribution is 9.10. The molecule has 0 fully saturated rings. The Morgan fingerprint density at radius 1 is 1.58 bits per heavy atom. The number of hydrogen-bond acceptors (Lipinski definition) is 1. The molecule has 0 saturated heterocycles. The maximum Gasteiger partial charge on any atom is 0.159 e. The number of halogens is 1. The first kappa shape index (κ1) is 9.20. The summed E-state index contributed by atoms with van der Waals surface area (Å²) in [4.78, 5) is 11.0. The van der Waals surface area contributed by atoms with Crippen molar-refractivity contribution < 1.29 is 4.79 Å². The summed E-state index contributed by atoms with van der Waals surface area (Å²) in [5.41, 5.74) is 1.01. The third-order valence-corrected chi connectivity index (χ3v) is 1.99. The zero-order valence-corrected chi connectivity index (χ0v) is 8.17. The van der Waals surface area contributed by atoms with Gasteiger partial charge in [-0.25, -0.2) is 0 Å². The molecule has 0 N–H and O–H groups in total. The molecule has 0 spiro atoms. The SMILES string of the molecule is C=CC(=O)Cc1cccc(Br)c1. The summed E-state index contributed by atoms with van der Waals surface area (Å²) in [6.07, 6.45) is 1.78. The van der Waals surface area contributed by atoms with Crippen LogP contribution >= 0.6 is 15.9 Å². The Kier molecular flexibility index (Phi) is 3.23. The molecule has 0 saturated carbocycles. The van der Waals surface area contributed by atoms with Crippen LogP contribution in [0.25, 0.3) is 0 Å². The van der Waals surface area contributed by atoms with Crippen LogP contribution in [0.15, 0.2) is 41.4 Å². The first-order valence-corrected chi connectivity index (χ1v) is 4.41. The minimum absolute atomic E-state index is 0.0492. The van der Waals surface area contributed by atoms with Crippen molar-refractivity contribution >= 4 is 21.7 Å². The van der Waals surface area contributed by atoms with Gasteiger partial charge in [-0.3, -0.25) is 4.79 Å². The minimum Gasteiger partial charge on any atom is -0.295 e. The Hall–Kier alpha value is -0.890. The van der Waals surface area contributed by atoms with E-state index >= 15 is 0 Å². The van der Waals surface area contributed by atoms with Crippen LogP contribution in [0.1, 0.15) is 5.56 Å². The maximum atomic E-state index is 11.0. The van der Waals surface area contributed by atoms with Gasteiger partial charge in [-0.2, -0.15) is 0 Å². The van der Waals surface area contributed by atoms with E-state index in [1.165, 1.54) is 6.08 Å². The van der Waals surface area contributed by atoms with Gasteiger partial charge in [0.25, 0.3) is 0 Å². The molecule has 0 radical (unpaired) electrons. The first-order chi connectivity index (χ1) is 5.72. The highest BCUT2D eigenvalue weighted by atomic mass is 79.9. The van der Waals surface area contributed by atoms with E-state index < -0.39 is 0 Å². The van der Waals surface area contributed by atoms with E-state index in [0.29, 0.717) is 6.42 Å². The van der Waals surface area contributed by atoms with Crippen LogP contribution in [0, 0.1) is 0 Å². The largest absolute Gasteiger partial charge is 0.295 e. The molecular formula is C10H9BrO. The lowest BCUT2D eigenvalue weighted by atomic mass is 10.1. The van der Waals surface area contributed by atoms with Gasteiger partial charge in [-0.05, 0) is 23.8 Å². The molecule has 0 atom stereocenters. The van der Waals surface area contributed by atoms with E-state index in [2.05, 4.69) is 22.5 Å². The zero-order chi connectivity index (χ0) is 8.97. The second-order valence-corrected chi connectivity index (χ2v) is 3.39. The molecule has 2 heteroatoms. The van der Waals surface area contributed by atoms with Crippen molar-refractivity contribution in [2.24, 2.45) is 0 Å². The summed E-state index contributed by atoms with van der Waals surface area (Å²) in [7, 11) is 0. The lowest BCUT2D eigenvalue weighted by molar-refractivity contribution is -0.114. The van der Waals surface area contributed by atoms with Crippen molar-refractivity contribution in [3.63, 3.8) is 0 Å². The van der Waals surface area contributed by atoms with Gasteiger partial charge in [-0.1, -0.05) is 34.6 Å². The lowest BCUT2D eigenvalue weighted by Gasteiger charge is -1.97. The Morgan fingerprint density at radius 2 is 2.33 bits per heavy atom. The Morgan fingerprint density at radius 3 is 2.92 bits per heavy atom. The third kappa shape index (κ3) is 2.62. The number of ketones is 1. The number of allylic oxidation sites excluding steroid dienone is 1. The van der Waals surface area contributed by atoms with Gasteiger partial charge in [0.1, 0.15) is 0 Å². The molecule has 1 aromatic carbocycles. The second kappa shape index (κ2) is 4.21. The van der Waals surface area contributed by atoms with E-state index in [1.54, 1.807) is 0 Å². The van der Waals surface area contributed by atoms with Crippen LogP contribution in [-0.2, 0) is 11.2 Å². The van der Waals surface area contributed by atoms with E-state index in [9.17, 15) is 4.79 Å². The van der Waals surface area contributed by atoms with Crippen molar-refractivity contribution in [3.8, 4) is 0 Å². The highest BCUT2D eigenvalue weighted by Crippen LogP contribution is 2.12. The Labute approximate surface area is 80.2 Å². The number of benzene rings is 1. The van der Waals surface area contributed by atoms with Gasteiger partial charge in [0.05, 0.1) is 0 Å². The normalized spacial score (nSPS) is 9.42. The molecule has 0 aromatic heterocycles. The third-order valence-electron chi connectivity index (χ3n) is 1.50. The van der Waals surface area contributed by atoms with Gasteiger partial charge >= 0.3 is 0 Å². The highest BCUT2D eigenvalue weighted by Gasteiger charge is 1.98. The van der Waals surface area contributed by atoms with Crippen molar-refractivity contribution in [1.29, 1.82) is 0 Å². The average molecular weight is 225 g/mol. The number of carbonyl (C=O) groups is 1. The summed E-state index contributed by atoms with van der Waals surface area (Å²) in [6.45, 7) is 3.42. The standard InChI is InChI=1S/C10H9BrO/c1-2-10(12)7-8-4-3-5-9(11)6-8/h2-6H,1,7H2. The van der Waals surface area contributed by atoms with E-state index in [-0.39, 0.29) is 5.78 Å². The van der Waals surface area contributed by atoms with Crippen LogP contribution in [-0.4, -0.2) is 5.78 Å². The van der Waals surface area contributed by atoms with Crippen LogP contribution < -0.4 is 0 Å². The van der Waals surface area contributed by atoms with Crippen LogP contribution in [0.3, 0.4) is 0 Å². The molecule has 62 valence electrons. The minimum atomic E-state index is 0.0492. The predicted octanol–water partition coefficient (Wildman–Crippen LogP) is 2.75. The molecule has 1 aromatic rings. The molecule has 0 aliphatic heterocycles. The summed E-state index contributed by atoms with van der Waals surface area (Å²) < 4.78 is 0.997. The van der Waals surface area contributed by atoms with Gasteiger partial charge in [0.15, 0.2) is 5.78 Å². The first-order valence-electron chi connectivity index (χ1n) is 3.62. The van der Waals surface area contributed by atoms with E-state index in [4.69, 9.17) is 0 Å². The van der Waals surface area contributed by atoms with Gasteiger partial charge < -0.3 is 0 Å². The molecule has 0 heterocycles. The molecule has 0 aliphatic rings. The smallest absolute Gasteiger partial charge is 0.159 e. The molecule has 1 rings (SSSR count). The number of rotatable bonds is 3. The quantitative estimate of drug-likeness (QED) is 0.723. The fourth-order valence-corrected chi connectivity index (χ4v) is 1.37. The van der Waals surface area contributed by atoms with Gasteiger partial charge in [0, 0.05) is 10.9 Å². The summed E-state index contributed by atoms with van der Waals surface area (Å²) in [5, 5.41) is 0. The predicted molar refractivity (Wildman–Crippen MR) is 53.1 cm³/mol. The number of hydrogen-bond donors (Lipinski definition) is 0. The van der Waals surface area contributed by atoms with Crippen LogP contribution in [0.5, 0.6) is 0 Å². The molecule has 12 heavy (non-hydrogen) atoms. The second-order valence-electron chi connectivity index (χ2n) is 2.48.